The van der Waals surface area contributed by atoms with Crippen LogP contribution < -0.4 is 10.6 Å². The van der Waals surface area contributed by atoms with Crippen molar-refractivity contribution in [2.75, 3.05) is 0 Å². The van der Waals surface area contributed by atoms with Crippen LogP contribution in [-0.4, -0.2) is 28.9 Å². The van der Waals surface area contributed by atoms with Crippen molar-refractivity contribution in [3.8, 4) is 0 Å². The topological polar surface area (TPSA) is 95.5 Å². The van der Waals surface area contributed by atoms with Crippen molar-refractivity contribution >= 4 is 17.8 Å². The molecule has 0 aliphatic carbocycles. The van der Waals surface area contributed by atoms with Gasteiger partial charge in [0.2, 0.25) is 11.8 Å². The van der Waals surface area contributed by atoms with Gasteiger partial charge in [-0.25, -0.2) is 0 Å². The van der Waals surface area contributed by atoms with Crippen LogP contribution in [0.4, 0.5) is 0 Å². The SMILES string of the molecule is CCCCCCCCCCCC[C@H](CC(=O)O)C(=O)N[C@H](C(=O)NC(c1ccccc1)c1ccccc1)C(C)(C)C. The lowest BCUT2D eigenvalue weighted by atomic mass is 9.84. The molecule has 0 aliphatic rings. The summed E-state index contributed by atoms with van der Waals surface area (Å²) in [6.07, 6.45) is 12.0. The number of benzene rings is 2. The molecule has 2 aromatic rings. The summed E-state index contributed by atoms with van der Waals surface area (Å²) < 4.78 is 0. The van der Waals surface area contributed by atoms with Crippen molar-refractivity contribution in [1.29, 1.82) is 0 Å². The quantitative estimate of drug-likeness (QED) is 0.152. The van der Waals surface area contributed by atoms with Crippen LogP contribution in [0.3, 0.4) is 0 Å². The zero-order valence-corrected chi connectivity index (χ0v) is 25.7. The maximum absolute atomic E-state index is 13.7. The molecule has 0 fully saturated rings. The lowest BCUT2D eigenvalue weighted by Crippen LogP contribution is -2.55. The second-order valence-corrected chi connectivity index (χ2v) is 12.3. The molecule has 0 aromatic heterocycles. The monoisotopic (exact) mass is 564 g/mol. The van der Waals surface area contributed by atoms with Gasteiger partial charge in [-0.05, 0) is 23.0 Å². The largest absolute Gasteiger partial charge is 0.481 e. The second-order valence-electron chi connectivity index (χ2n) is 12.3. The highest BCUT2D eigenvalue weighted by molar-refractivity contribution is 5.90. The van der Waals surface area contributed by atoms with E-state index in [1.54, 1.807) is 0 Å². The minimum absolute atomic E-state index is 0.238. The van der Waals surface area contributed by atoms with Gasteiger partial charge in [-0.15, -0.1) is 0 Å². The molecule has 226 valence electrons. The summed E-state index contributed by atoms with van der Waals surface area (Å²) in [5, 5.41) is 15.6. The standard InChI is InChI=1S/C35H52N2O4/c1-5-6-7-8-9-10-11-12-13-16-25-29(26-30(38)39)33(40)37-32(35(2,3)4)34(41)36-31(27-21-17-14-18-22-27)28-23-19-15-20-24-28/h14-15,17-24,29,31-32H,5-13,16,25-26H2,1-4H3,(H,36,41)(H,37,40)(H,38,39)/t29-,32-/m1/s1. The molecule has 2 atom stereocenters. The maximum Gasteiger partial charge on any atom is 0.304 e. The summed E-state index contributed by atoms with van der Waals surface area (Å²) >= 11 is 0. The minimum atomic E-state index is -0.998. The van der Waals surface area contributed by atoms with Gasteiger partial charge in [0.15, 0.2) is 0 Å². The van der Waals surface area contributed by atoms with Crippen LogP contribution in [0.2, 0.25) is 0 Å². The molecule has 0 bridgehead atoms. The van der Waals surface area contributed by atoms with E-state index in [4.69, 9.17) is 0 Å². The Hall–Kier alpha value is -3.15. The Morgan fingerprint density at radius 1 is 0.683 bits per heavy atom. The van der Waals surface area contributed by atoms with Crippen molar-refractivity contribution in [2.24, 2.45) is 11.3 Å². The molecule has 41 heavy (non-hydrogen) atoms. The molecule has 2 rings (SSSR count). The molecule has 2 amide bonds. The molecule has 0 saturated heterocycles. The Morgan fingerprint density at radius 2 is 1.15 bits per heavy atom. The highest BCUT2D eigenvalue weighted by Crippen LogP contribution is 2.26. The van der Waals surface area contributed by atoms with Crippen LogP contribution in [-0.2, 0) is 14.4 Å². The van der Waals surface area contributed by atoms with Crippen molar-refractivity contribution in [1.82, 2.24) is 10.6 Å². The van der Waals surface area contributed by atoms with Gasteiger partial charge in [-0.1, -0.05) is 153 Å². The smallest absolute Gasteiger partial charge is 0.304 e. The molecule has 0 saturated carbocycles. The minimum Gasteiger partial charge on any atom is -0.481 e. The molecule has 0 radical (unpaired) electrons. The number of hydrogen-bond acceptors (Lipinski definition) is 3. The first-order valence-corrected chi connectivity index (χ1v) is 15.6. The van der Waals surface area contributed by atoms with Gasteiger partial charge in [0.1, 0.15) is 6.04 Å². The number of rotatable bonds is 19. The summed E-state index contributed by atoms with van der Waals surface area (Å²) in [6, 6.07) is 18.3. The first-order chi connectivity index (χ1) is 19.6. The first-order valence-electron chi connectivity index (χ1n) is 15.6. The average molecular weight is 565 g/mol. The molecular formula is C35H52N2O4. The van der Waals surface area contributed by atoms with Crippen LogP contribution in [0, 0.1) is 11.3 Å². The number of carbonyl (C=O) groups is 3. The lowest BCUT2D eigenvalue weighted by molar-refractivity contribution is -0.142. The molecule has 0 aliphatic heterocycles. The van der Waals surface area contributed by atoms with Crippen molar-refractivity contribution in [3.05, 3.63) is 71.8 Å². The fourth-order valence-electron chi connectivity index (χ4n) is 5.23. The van der Waals surface area contributed by atoms with Crippen molar-refractivity contribution < 1.29 is 19.5 Å². The lowest BCUT2D eigenvalue weighted by Gasteiger charge is -2.33. The molecule has 6 heteroatoms. The molecule has 0 spiro atoms. The predicted octanol–water partition coefficient (Wildman–Crippen LogP) is 7.83. The van der Waals surface area contributed by atoms with Gasteiger partial charge in [0, 0.05) is 5.92 Å². The molecule has 0 heterocycles. The highest BCUT2D eigenvalue weighted by atomic mass is 16.4. The average Bonchev–Trinajstić information content (AvgIpc) is 2.94. The Kier molecular flexibility index (Phi) is 15.2. The van der Waals surface area contributed by atoms with E-state index in [0.717, 1.165) is 30.4 Å². The Balaban J connectivity index is 2.02. The number of aliphatic carboxylic acids is 1. The van der Waals surface area contributed by atoms with E-state index in [-0.39, 0.29) is 24.3 Å². The number of amides is 2. The van der Waals surface area contributed by atoms with Crippen molar-refractivity contribution in [2.45, 2.75) is 117 Å². The third-order valence-corrected chi connectivity index (χ3v) is 7.67. The summed E-state index contributed by atoms with van der Waals surface area (Å²) in [5.41, 5.74) is 1.30. The van der Waals surface area contributed by atoms with Crippen LogP contribution >= 0.6 is 0 Å². The van der Waals surface area contributed by atoms with E-state index in [9.17, 15) is 19.5 Å². The zero-order chi connectivity index (χ0) is 30.1. The molecule has 6 nitrogen and oxygen atoms in total. The number of carboxylic acid groups (broad SMARTS) is 1. The summed E-state index contributed by atoms with van der Waals surface area (Å²) in [6.45, 7) is 7.95. The van der Waals surface area contributed by atoms with E-state index >= 15 is 0 Å². The first kappa shape index (κ1) is 34.1. The Labute approximate surface area is 247 Å². The number of carboxylic acids is 1. The third kappa shape index (κ3) is 12.9. The van der Waals surface area contributed by atoms with Gasteiger partial charge in [0.05, 0.1) is 12.5 Å². The van der Waals surface area contributed by atoms with Gasteiger partial charge in [-0.3, -0.25) is 14.4 Å². The van der Waals surface area contributed by atoms with Gasteiger partial charge in [-0.2, -0.15) is 0 Å². The Morgan fingerprint density at radius 3 is 1.59 bits per heavy atom. The molecule has 0 unspecified atom stereocenters. The van der Waals surface area contributed by atoms with Gasteiger partial charge < -0.3 is 15.7 Å². The highest BCUT2D eigenvalue weighted by Gasteiger charge is 2.36. The van der Waals surface area contributed by atoms with Crippen molar-refractivity contribution in [3.63, 3.8) is 0 Å². The van der Waals surface area contributed by atoms with E-state index in [1.807, 2.05) is 81.4 Å². The fraction of sp³-hybridized carbons (Fsp3) is 0.571. The molecule has 3 N–H and O–H groups in total. The summed E-state index contributed by atoms with van der Waals surface area (Å²) in [7, 11) is 0. The van der Waals surface area contributed by atoms with E-state index in [1.165, 1.54) is 44.9 Å². The van der Waals surface area contributed by atoms with E-state index < -0.39 is 23.3 Å². The second kappa shape index (κ2) is 18.3. The maximum atomic E-state index is 13.7. The zero-order valence-electron chi connectivity index (χ0n) is 25.7. The molecule has 2 aromatic carbocycles. The summed E-state index contributed by atoms with van der Waals surface area (Å²) in [5.74, 6) is -2.33. The van der Waals surface area contributed by atoms with E-state index in [0.29, 0.717) is 6.42 Å². The van der Waals surface area contributed by atoms with E-state index in [2.05, 4.69) is 17.6 Å². The van der Waals surface area contributed by atoms with Crippen LogP contribution in [0.1, 0.15) is 122 Å². The van der Waals surface area contributed by atoms with Gasteiger partial charge >= 0.3 is 5.97 Å². The van der Waals surface area contributed by atoms with Crippen LogP contribution in [0.5, 0.6) is 0 Å². The number of unbranched alkanes of at least 4 members (excludes halogenated alkanes) is 9. The Bertz CT molecular complexity index is 994. The summed E-state index contributed by atoms with van der Waals surface area (Å²) in [4.78, 5) is 38.7. The normalized spacial score (nSPS) is 13.0. The van der Waals surface area contributed by atoms with Crippen LogP contribution in [0.25, 0.3) is 0 Å². The van der Waals surface area contributed by atoms with Crippen LogP contribution in [0.15, 0.2) is 60.7 Å². The predicted molar refractivity (Wildman–Crippen MR) is 166 cm³/mol. The number of carbonyl (C=O) groups excluding carboxylic acids is 2. The fourth-order valence-corrected chi connectivity index (χ4v) is 5.23. The number of hydrogen-bond donors (Lipinski definition) is 3. The third-order valence-electron chi connectivity index (χ3n) is 7.67. The van der Waals surface area contributed by atoms with Gasteiger partial charge in [0.25, 0.3) is 0 Å². The number of nitrogens with one attached hydrogen (secondary N) is 2. The molecular weight excluding hydrogens is 512 g/mol.